The molecule has 2 aromatic carbocycles. The molecule has 0 radical (unpaired) electrons. The zero-order valence-corrected chi connectivity index (χ0v) is 15.0. The smallest absolute Gasteiger partial charge is 0.319 e. The van der Waals surface area contributed by atoms with Gasteiger partial charge in [0, 0.05) is 37.2 Å². The fourth-order valence-electron chi connectivity index (χ4n) is 2.64. The molecular weight excluding hydrogens is 342 g/mol. The highest BCUT2D eigenvalue weighted by atomic mass is 16.2. The Bertz CT molecular complexity index is 904. The van der Waals surface area contributed by atoms with Gasteiger partial charge in [0.1, 0.15) is 0 Å². The molecule has 0 saturated heterocycles. The van der Waals surface area contributed by atoms with Crippen molar-refractivity contribution >= 4 is 23.3 Å². The van der Waals surface area contributed by atoms with Gasteiger partial charge in [-0.1, -0.05) is 24.3 Å². The van der Waals surface area contributed by atoms with Crippen molar-refractivity contribution in [2.45, 2.75) is 20.0 Å². The van der Waals surface area contributed by atoms with Crippen LogP contribution in [0.25, 0.3) is 0 Å². The van der Waals surface area contributed by atoms with Crippen molar-refractivity contribution in [3.8, 4) is 0 Å². The number of benzene rings is 2. The Balaban J connectivity index is 1.55. The van der Waals surface area contributed by atoms with Crippen LogP contribution in [0.5, 0.6) is 0 Å². The van der Waals surface area contributed by atoms with Crippen LogP contribution in [0.1, 0.15) is 18.1 Å². The minimum atomic E-state index is -0.295. The van der Waals surface area contributed by atoms with E-state index in [4.69, 9.17) is 0 Å². The van der Waals surface area contributed by atoms with E-state index in [9.17, 15) is 9.59 Å². The number of anilines is 2. The maximum atomic E-state index is 12.2. The van der Waals surface area contributed by atoms with Crippen molar-refractivity contribution < 1.29 is 9.59 Å². The van der Waals surface area contributed by atoms with Gasteiger partial charge in [0.2, 0.25) is 5.91 Å². The molecule has 138 valence electrons. The Hall–Kier alpha value is -3.61. The maximum absolute atomic E-state index is 12.2. The number of nitrogens with zero attached hydrogens (tertiary/aromatic N) is 2. The summed E-state index contributed by atoms with van der Waals surface area (Å²) in [5.74, 6) is -0.137. The number of amides is 3. The minimum Gasteiger partial charge on any atom is -0.334 e. The van der Waals surface area contributed by atoms with E-state index in [1.807, 2.05) is 41.2 Å². The van der Waals surface area contributed by atoms with Gasteiger partial charge in [-0.2, -0.15) is 5.10 Å². The third kappa shape index (κ3) is 5.43. The lowest BCUT2D eigenvalue weighted by atomic mass is 10.1. The highest BCUT2D eigenvalue weighted by Crippen LogP contribution is 2.14. The molecule has 0 unspecified atom stereocenters. The van der Waals surface area contributed by atoms with Gasteiger partial charge in [-0.15, -0.1) is 0 Å². The number of carbonyl (C=O) groups is 2. The number of rotatable bonds is 6. The van der Waals surface area contributed by atoms with Crippen molar-refractivity contribution in [3.05, 3.63) is 78.1 Å². The third-order valence-electron chi connectivity index (χ3n) is 3.91. The summed E-state index contributed by atoms with van der Waals surface area (Å²) < 4.78 is 1.84. The maximum Gasteiger partial charge on any atom is 0.319 e. The molecule has 0 saturated carbocycles. The minimum absolute atomic E-state index is 0.137. The molecule has 0 bridgehead atoms. The van der Waals surface area contributed by atoms with Gasteiger partial charge < -0.3 is 16.0 Å². The second-order valence-electron chi connectivity index (χ2n) is 6.04. The van der Waals surface area contributed by atoms with Gasteiger partial charge in [0.05, 0.1) is 6.54 Å². The van der Waals surface area contributed by atoms with Crippen LogP contribution in [0.2, 0.25) is 0 Å². The summed E-state index contributed by atoms with van der Waals surface area (Å²) in [6.07, 6.45) is 3.65. The molecule has 3 amide bonds. The lowest BCUT2D eigenvalue weighted by Crippen LogP contribution is -2.28. The van der Waals surface area contributed by atoms with E-state index < -0.39 is 0 Å². The molecule has 0 fully saturated rings. The van der Waals surface area contributed by atoms with E-state index in [0.717, 1.165) is 11.1 Å². The van der Waals surface area contributed by atoms with Gasteiger partial charge in [0.25, 0.3) is 0 Å². The quantitative estimate of drug-likeness (QED) is 0.628. The number of carbonyl (C=O) groups excluding carboxylic acids is 2. The molecule has 1 aromatic heterocycles. The van der Waals surface area contributed by atoms with Gasteiger partial charge in [-0.3, -0.25) is 9.48 Å². The molecular formula is C20H21N5O2. The second kappa shape index (κ2) is 8.66. The molecule has 0 aliphatic carbocycles. The van der Waals surface area contributed by atoms with E-state index in [-0.39, 0.29) is 11.9 Å². The summed E-state index contributed by atoms with van der Waals surface area (Å²) in [7, 11) is 0. The predicted molar refractivity (Wildman–Crippen MR) is 104 cm³/mol. The zero-order chi connectivity index (χ0) is 19.1. The molecule has 0 atom stereocenters. The van der Waals surface area contributed by atoms with Crippen molar-refractivity contribution in [3.63, 3.8) is 0 Å². The summed E-state index contributed by atoms with van der Waals surface area (Å²) in [6, 6.07) is 16.4. The Morgan fingerprint density at radius 2 is 1.59 bits per heavy atom. The first-order valence-corrected chi connectivity index (χ1v) is 8.57. The number of hydrogen-bond acceptors (Lipinski definition) is 3. The molecule has 3 rings (SSSR count). The van der Waals surface area contributed by atoms with Crippen LogP contribution in [0.4, 0.5) is 16.2 Å². The van der Waals surface area contributed by atoms with Gasteiger partial charge in [-0.25, -0.2) is 4.79 Å². The molecule has 0 spiro atoms. The first-order chi connectivity index (χ1) is 13.1. The first kappa shape index (κ1) is 18.2. The van der Waals surface area contributed by atoms with Gasteiger partial charge in [-0.05, 0) is 41.5 Å². The summed E-state index contributed by atoms with van der Waals surface area (Å²) in [4.78, 5) is 23.2. The van der Waals surface area contributed by atoms with E-state index >= 15 is 0 Å². The predicted octanol–water partition coefficient (Wildman–Crippen LogP) is 3.21. The molecule has 27 heavy (non-hydrogen) atoms. The monoisotopic (exact) mass is 363 g/mol. The van der Waals surface area contributed by atoms with Crippen LogP contribution >= 0.6 is 0 Å². The van der Waals surface area contributed by atoms with Gasteiger partial charge >= 0.3 is 6.03 Å². The van der Waals surface area contributed by atoms with Crippen molar-refractivity contribution in [1.29, 1.82) is 0 Å². The average molecular weight is 363 g/mol. The normalized spacial score (nSPS) is 10.3. The highest BCUT2D eigenvalue weighted by molar-refractivity contribution is 5.91. The van der Waals surface area contributed by atoms with Crippen LogP contribution < -0.4 is 16.0 Å². The van der Waals surface area contributed by atoms with Crippen LogP contribution in [-0.2, 0) is 17.9 Å². The Morgan fingerprint density at radius 1 is 0.926 bits per heavy atom. The Kier molecular flexibility index (Phi) is 5.84. The summed E-state index contributed by atoms with van der Waals surface area (Å²) in [6.45, 7) is 2.51. The topological polar surface area (TPSA) is 88.0 Å². The SMILES string of the molecule is CC(=O)Nc1ccc(NC(=O)NCc2ccccc2Cn2cccn2)cc1. The second-order valence-corrected chi connectivity index (χ2v) is 6.04. The molecule has 7 nitrogen and oxygen atoms in total. The van der Waals surface area contributed by atoms with E-state index in [0.29, 0.717) is 24.5 Å². The van der Waals surface area contributed by atoms with Crippen LogP contribution in [0, 0.1) is 0 Å². The van der Waals surface area contributed by atoms with Crippen LogP contribution in [-0.4, -0.2) is 21.7 Å². The average Bonchev–Trinajstić information content (AvgIpc) is 3.15. The van der Waals surface area contributed by atoms with E-state index in [1.54, 1.807) is 30.5 Å². The number of urea groups is 1. The lowest BCUT2D eigenvalue weighted by molar-refractivity contribution is -0.114. The largest absolute Gasteiger partial charge is 0.334 e. The summed E-state index contributed by atoms with van der Waals surface area (Å²) in [5.41, 5.74) is 3.46. The summed E-state index contributed by atoms with van der Waals surface area (Å²) in [5, 5.41) is 12.5. The molecule has 3 N–H and O–H groups in total. The molecule has 1 heterocycles. The van der Waals surface area contributed by atoms with E-state index in [2.05, 4.69) is 21.0 Å². The fourth-order valence-corrected chi connectivity index (χ4v) is 2.64. The standard InChI is InChI=1S/C20H21N5O2/c1-15(26)23-18-7-9-19(10-8-18)24-20(27)21-13-16-5-2-3-6-17(16)14-25-12-4-11-22-25/h2-12H,13-14H2,1H3,(H,23,26)(H2,21,24,27). The number of nitrogens with one attached hydrogen (secondary N) is 3. The van der Waals surface area contributed by atoms with Crippen molar-refractivity contribution in [1.82, 2.24) is 15.1 Å². The van der Waals surface area contributed by atoms with Crippen molar-refractivity contribution in [2.75, 3.05) is 10.6 Å². The number of hydrogen-bond donors (Lipinski definition) is 3. The zero-order valence-electron chi connectivity index (χ0n) is 15.0. The molecule has 3 aromatic rings. The fraction of sp³-hybridized carbons (Fsp3) is 0.150. The van der Waals surface area contributed by atoms with E-state index in [1.165, 1.54) is 6.92 Å². The molecule has 0 aliphatic heterocycles. The lowest BCUT2D eigenvalue weighted by Gasteiger charge is -2.12. The summed E-state index contributed by atoms with van der Waals surface area (Å²) >= 11 is 0. The van der Waals surface area contributed by atoms with Crippen molar-refractivity contribution in [2.24, 2.45) is 0 Å². The first-order valence-electron chi connectivity index (χ1n) is 8.57. The van der Waals surface area contributed by atoms with Crippen LogP contribution in [0.15, 0.2) is 67.0 Å². The highest BCUT2D eigenvalue weighted by Gasteiger charge is 2.06. The molecule has 7 heteroatoms. The molecule has 0 aliphatic rings. The third-order valence-corrected chi connectivity index (χ3v) is 3.91. The Labute approximate surface area is 157 Å². The number of aromatic nitrogens is 2. The van der Waals surface area contributed by atoms with Crippen LogP contribution in [0.3, 0.4) is 0 Å². The Morgan fingerprint density at radius 3 is 2.22 bits per heavy atom. The van der Waals surface area contributed by atoms with Gasteiger partial charge in [0.15, 0.2) is 0 Å².